The fourth-order valence-corrected chi connectivity index (χ4v) is 2.79. The number of anilines is 1. The standard InChI is InChI=1S/C18H12N6/c19-10-12-8-4-5-9-13(12)14-15-17(20)22-24-18(15)23-21-16(14)11-6-2-1-3-7-11/h1-9H,(H3,20,22,23,24). The van der Waals surface area contributed by atoms with E-state index in [-0.39, 0.29) is 0 Å². The second-order valence-electron chi connectivity index (χ2n) is 5.28. The quantitative estimate of drug-likeness (QED) is 0.591. The first-order chi connectivity index (χ1) is 11.8. The van der Waals surface area contributed by atoms with Crippen molar-refractivity contribution < 1.29 is 0 Å². The van der Waals surface area contributed by atoms with E-state index >= 15 is 0 Å². The number of nitrogens with two attached hydrogens (primary N) is 1. The molecule has 4 aromatic rings. The molecule has 0 aliphatic rings. The van der Waals surface area contributed by atoms with E-state index in [2.05, 4.69) is 26.5 Å². The van der Waals surface area contributed by atoms with Crippen molar-refractivity contribution in [2.45, 2.75) is 0 Å². The third-order valence-electron chi connectivity index (χ3n) is 3.88. The Labute approximate surface area is 137 Å². The molecule has 0 amide bonds. The van der Waals surface area contributed by atoms with Gasteiger partial charge in [-0.25, -0.2) is 0 Å². The van der Waals surface area contributed by atoms with Crippen molar-refractivity contribution >= 4 is 16.9 Å². The monoisotopic (exact) mass is 312 g/mol. The van der Waals surface area contributed by atoms with Crippen molar-refractivity contribution in [1.82, 2.24) is 20.4 Å². The summed E-state index contributed by atoms with van der Waals surface area (Å²) in [4.78, 5) is 0. The largest absolute Gasteiger partial charge is 0.382 e. The fraction of sp³-hybridized carbons (Fsp3) is 0. The van der Waals surface area contributed by atoms with Crippen LogP contribution in [0.4, 0.5) is 5.82 Å². The number of nitrogen functional groups attached to an aromatic ring is 1. The highest BCUT2D eigenvalue weighted by Crippen LogP contribution is 2.38. The zero-order valence-electron chi connectivity index (χ0n) is 12.6. The predicted octanol–water partition coefficient (Wildman–Crippen LogP) is 3.14. The molecule has 0 bridgehead atoms. The van der Waals surface area contributed by atoms with Gasteiger partial charge < -0.3 is 5.73 Å². The van der Waals surface area contributed by atoms with E-state index in [0.29, 0.717) is 28.1 Å². The van der Waals surface area contributed by atoms with Crippen LogP contribution in [0.1, 0.15) is 5.56 Å². The van der Waals surface area contributed by atoms with Crippen LogP contribution < -0.4 is 5.73 Å². The highest BCUT2D eigenvalue weighted by molar-refractivity contribution is 6.05. The van der Waals surface area contributed by atoms with Crippen LogP contribution in [0.3, 0.4) is 0 Å². The van der Waals surface area contributed by atoms with Gasteiger partial charge in [-0.05, 0) is 6.07 Å². The van der Waals surface area contributed by atoms with Gasteiger partial charge in [-0.15, -0.1) is 10.2 Å². The van der Waals surface area contributed by atoms with E-state index in [1.807, 2.05) is 48.5 Å². The molecule has 0 spiro atoms. The van der Waals surface area contributed by atoms with Gasteiger partial charge in [0.1, 0.15) is 5.69 Å². The number of fused-ring (bicyclic) bond motifs is 1. The summed E-state index contributed by atoms with van der Waals surface area (Å²) in [5.41, 5.74) is 10.2. The summed E-state index contributed by atoms with van der Waals surface area (Å²) < 4.78 is 0. The summed E-state index contributed by atoms with van der Waals surface area (Å²) in [5, 5.41) is 25.5. The Kier molecular flexibility index (Phi) is 3.18. The lowest BCUT2D eigenvalue weighted by atomic mass is 9.94. The maximum atomic E-state index is 9.49. The Morgan fingerprint density at radius 2 is 1.71 bits per heavy atom. The number of aromatic amines is 1. The molecule has 0 saturated carbocycles. The number of aromatic nitrogens is 4. The second kappa shape index (κ2) is 5.48. The van der Waals surface area contributed by atoms with Gasteiger partial charge in [0, 0.05) is 16.7 Å². The molecule has 3 N–H and O–H groups in total. The lowest BCUT2D eigenvalue weighted by Gasteiger charge is -2.11. The van der Waals surface area contributed by atoms with Gasteiger partial charge in [0.05, 0.1) is 17.0 Å². The van der Waals surface area contributed by atoms with E-state index in [0.717, 1.165) is 16.7 Å². The van der Waals surface area contributed by atoms with Gasteiger partial charge in [-0.3, -0.25) is 5.10 Å². The van der Waals surface area contributed by atoms with Crippen molar-refractivity contribution in [3.63, 3.8) is 0 Å². The van der Waals surface area contributed by atoms with Crippen molar-refractivity contribution in [1.29, 1.82) is 5.26 Å². The molecule has 2 aromatic heterocycles. The first-order valence-corrected chi connectivity index (χ1v) is 7.34. The van der Waals surface area contributed by atoms with Crippen LogP contribution in [0.2, 0.25) is 0 Å². The highest BCUT2D eigenvalue weighted by atomic mass is 15.2. The number of hydrogen-bond donors (Lipinski definition) is 2. The van der Waals surface area contributed by atoms with Gasteiger partial charge in [-0.2, -0.15) is 10.4 Å². The summed E-state index contributed by atoms with van der Waals surface area (Å²) in [6.45, 7) is 0. The lowest BCUT2D eigenvalue weighted by Crippen LogP contribution is -1.97. The van der Waals surface area contributed by atoms with Crippen LogP contribution >= 0.6 is 0 Å². The average Bonchev–Trinajstić information content (AvgIpc) is 3.03. The number of nitrogens with one attached hydrogen (secondary N) is 1. The molecule has 4 rings (SSSR count). The highest BCUT2D eigenvalue weighted by Gasteiger charge is 2.20. The Morgan fingerprint density at radius 3 is 2.50 bits per heavy atom. The third kappa shape index (κ3) is 2.08. The van der Waals surface area contributed by atoms with Crippen molar-refractivity contribution in [2.24, 2.45) is 0 Å². The molecule has 2 aromatic carbocycles. The first kappa shape index (κ1) is 13.9. The predicted molar refractivity (Wildman–Crippen MR) is 91.7 cm³/mol. The maximum Gasteiger partial charge on any atom is 0.180 e. The Morgan fingerprint density at radius 1 is 0.958 bits per heavy atom. The van der Waals surface area contributed by atoms with Crippen LogP contribution in [-0.2, 0) is 0 Å². The zero-order chi connectivity index (χ0) is 16.5. The Bertz CT molecular complexity index is 1080. The summed E-state index contributed by atoms with van der Waals surface area (Å²) >= 11 is 0. The molecule has 0 atom stereocenters. The van der Waals surface area contributed by atoms with Gasteiger partial charge in [0.2, 0.25) is 0 Å². The van der Waals surface area contributed by atoms with E-state index in [1.54, 1.807) is 6.07 Å². The molecule has 24 heavy (non-hydrogen) atoms. The lowest BCUT2D eigenvalue weighted by molar-refractivity contribution is 1.03. The van der Waals surface area contributed by atoms with Crippen molar-refractivity contribution in [2.75, 3.05) is 5.73 Å². The normalized spacial score (nSPS) is 10.6. The molecule has 6 nitrogen and oxygen atoms in total. The molecule has 2 heterocycles. The fourth-order valence-electron chi connectivity index (χ4n) is 2.79. The molecular formula is C18H12N6. The minimum Gasteiger partial charge on any atom is -0.382 e. The minimum atomic E-state index is 0.333. The first-order valence-electron chi connectivity index (χ1n) is 7.34. The number of nitrogens with zero attached hydrogens (tertiary/aromatic N) is 4. The minimum absolute atomic E-state index is 0.333. The van der Waals surface area contributed by atoms with E-state index in [9.17, 15) is 5.26 Å². The number of hydrogen-bond acceptors (Lipinski definition) is 5. The van der Waals surface area contributed by atoms with E-state index in [4.69, 9.17) is 5.73 Å². The van der Waals surface area contributed by atoms with E-state index in [1.165, 1.54) is 0 Å². The molecule has 6 heteroatoms. The molecule has 0 unspecified atom stereocenters. The van der Waals surface area contributed by atoms with Crippen LogP contribution in [0.5, 0.6) is 0 Å². The third-order valence-corrected chi connectivity index (χ3v) is 3.88. The van der Waals surface area contributed by atoms with Gasteiger partial charge >= 0.3 is 0 Å². The van der Waals surface area contributed by atoms with Crippen LogP contribution in [0, 0.1) is 11.3 Å². The summed E-state index contributed by atoms with van der Waals surface area (Å²) in [6, 6.07) is 19.3. The van der Waals surface area contributed by atoms with Crippen LogP contribution in [-0.4, -0.2) is 20.4 Å². The summed E-state index contributed by atoms with van der Waals surface area (Å²) in [7, 11) is 0. The zero-order valence-corrected chi connectivity index (χ0v) is 12.6. The Balaban J connectivity index is 2.16. The number of H-pyrrole nitrogens is 1. The average molecular weight is 312 g/mol. The van der Waals surface area contributed by atoms with Crippen molar-refractivity contribution in [3.05, 3.63) is 60.2 Å². The van der Waals surface area contributed by atoms with Gasteiger partial charge in [0.15, 0.2) is 11.5 Å². The summed E-state index contributed by atoms with van der Waals surface area (Å²) in [6.07, 6.45) is 0. The molecule has 0 saturated heterocycles. The molecular weight excluding hydrogens is 300 g/mol. The SMILES string of the molecule is N#Cc1ccccc1-c1c(-c2ccccc2)nnc2[nH]nc(N)c12. The van der Waals surface area contributed by atoms with Crippen LogP contribution in [0.25, 0.3) is 33.4 Å². The molecule has 0 radical (unpaired) electrons. The maximum absolute atomic E-state index is 9.49. The number of benzene rings is 2. The topological polar surface area (TPSA) is 104 Å². The van der Waals surface area contributed by atoms with Gasteiger partial charge in [-0.1, -0.05) is 48.5 Å². The van der Waals surface area contributed by atoms with Crippen molar-refractivity contribution in [3.8, 4) is 28.5 Å². The second-order valence-corrected chi connectivity index (χ2v) is 5.28. The van der Waals surface area contributed by atoms with E-state index < -0.39 is 0 Å². The summed E-state index contributed by atoms with van der Waals surface area (Å²) in [5.74, 6) is 0.333. The van der Waals surface area contributed by atoms with Gasteiger partial charge in [0.25, 0.3) is 0 Å². The smallest absolute Gasteiger partial charge is 0.180 e. The molecule has 0 aliphatic heterocycles. The molecule has 114 valence electrons. The Hall–Kier alpha value is -3.72. The number of nitriles is 1. The van der Waals surface area contributed by atoms with Crippen LogP contribution in [0.15, 0.2) is 54.6 Å². The number of rotatable bonds is 2. The molecule has 0 aliphatic carbocycles. The molecule has 0 fully saturated rings.